The maximum atomic E-state index is 12.7. The second-order valence-electron chi connectivity index (χ2n) is 7.92. The molecule has 32 heavy (non-hydrogen) atoms. The Hall–Kier alpha value is -2.39. The number of benzene rings is 1. The fourth-order valence-electron chi connectivity index (χ4n) is 3.52. The van der Waals surface area contributed by atoms with E-state index in [0.29, 0.717) is 37.8 Å². The number of ether oxygens (including phenoxy) is 1. The van der Waals surface area contributed by atoms with E-state index in [2.05, 4.69) is 15.1 Å². The average molecular weight is 463 g/mol. The number of piperazine rings is 1. The zero-order chi connectivity index (χ0) is 22.9. The molecule has 2 aromatic rings. The number of furan rings is 1. The highest BCUT2D eigenvalue weighted by Gasteiger charge is 2.22. The first-order chi connectivity index (χ1) is 15.4. The molecule has 0 saturated carbocycles. The van der Waals surface area contributed by atoms with Crippen molar-refractivity contribution in [2.75, 3.05) is 66.6 Å². The van der Waals surface area contributed by atoms with Crippen LogP contribution in [0.2, 0.25) is 5.02 Å². The molecule has 1 saturated heterocycles. The lowest BCUT2D eigenvalue weighted by atomic mass is 10.2. The van der Waals surface area contributed by atoms with Gasteiger partial charge in [0.15, 0.2) is 0 Å². The molecule has 0 atom stereocenters. The van der Waals surface area contributed by atoms with E-state index in [9.17, 15) is 9.59 Å². The van der Waals surface area contributed by atoms with Gasteiger partial charge < -0.3 is 19.4 Å². The minimum atomic E-state index is 0.00253. The first-order valence-electron chi connectivity index (χ1n) is 10.7. The molecule has 1 fully saturated rings. The Morgan fingerprint density at radius 1 is 1.06 bits per heavy atom. The van der Waals surface area contributed by atoms with Gasteiger partial charge in [-0.1, -0.05) is 11.6 Å². The highest BCUT2D eigenvalue weighted by Crippen LogP contribution is 2.24. The van der Waals surface area contributed by atoms with Crippen molar-refractivity contribution in [3.05, 3.63) is 47.2 Å². The van der Waals surface area contributed by atoms with E-state index in [1.807, 2.05) is 36.4 Å². The third kappa shape index (κ3) is 7.34. The lowest BCUT2D eigenvalue weighted by Gasteiger charge is -2.34. The number of carbonyl (C=O) groups is 2. The van der Waals surface area contributed by atoms with Crippen LogP contribution in [-0.2, 0) is 20.9 Å². The summed E-state index contributed by atoms with van der Waals surface area (Å²) in [5, 5.41) is 3.51. The fraction of sp³-hybridized carbons (Fsp3) is 0.478. The molecule has 8 nitrogen and oxygen atoms in total. The normalized spacial score (nSPS) is 15.0. The van der Waals surface area contributed by atoms with Crippen LogP contribution < -0.4 is 5.32 Å². The largest absolute Gasteiger partial charge is 0.459 e. The molecule has 0 radical (unpaired) electrons. The third-order valence-electron chi connectivity index (χ3n) is 5.43. The van der Waals surface area contributed by atoms with Crippen LogP contribution in [0.1, 0.15) is 5.76 Å². The number of nitrogens with one attached hydrogen (secondary N) is 1. The second kappa shape index (κ2) is 12.0. The van der Waals surface area contributed by atoms with Gasteiger partial charge in [0.25, 0.3) is 0 Å². The first-order valence-corrected chi connectivity index (χ1v) is 11.1. The van der Waals surface area contributed by atoms with Gasteiger partial charge in [0.2, 0.25) is 11.8 Å². The van der Waals surface area contributed by atoms with Crippen LogP contribution in [0.25, 0.3) is 11.3 Å². The van der Waals surface area contributed by atoms with Gasteiger partial charge in [-0.2, -0.15) is 0 Å². The first kappa shape index (κ1) is 24.3. The number of amides is 2. The van der Waals surface area contributed by atoms with Crippen molar-refractivity contribution in [2.24, 2.45) is 0 Å². The number of methoxy groups -OCH3 is 1. The van der Waals surface area contributed by atoms with Crippen molar-refractivity contribution in [1.29, 1.82) is 0 Å². The summed E-state index contributed by atoms with van der Waals surface area (Å²) >= 11 is 5.94. The van der Waals surface area contributed by atoms with E-state index in [1.54, 1.807) is 19.1 Å². The van der Waals surface area contributed by atoms with E-state index in [-0.39, 0.29) is 11.8 Å². The third-order valence-corrected chi connectivity index (χ3v) is 5.68. The molecule has 1 aliphatic heterocycles. The number of rotatable bonds is 10. The topological polar surface area (TPSA) is 78.3 Å². The van der Waals surface area contributed by atoms with Crippen molar-refractivity contribution in [1.82, 2.24) is 20.0 Å². The number of hydrogen-bond acceptors (Lipinski definition) is 6. The smallest absolute Gasteiger partial charge is 0.236 e. The van der Waals surface area contributed by atoms with Crippen LogP contribution in [-0.4, -0.2) is 93.1 Å². The SMILES string of the molecule is COCCNC(=O)CN1CCN(CC(=O)N(C)Cc2ccc(-c3ccc(Cl)cc3)o2)CC1. The number of hydrogen-bond donors (Lipinski definition) is 1. The summed E-state index contributed by atoms with van der Waals surface area (Å²) in [6.07, 6.45) is 0. The molecule has 1 aliphatic rings. The summed E-state index contributed by atoms with van der Waals surface area (Å²) in [7, 11) is 3.39. The Labute approximate surface area is 194 Å². The van der Waals surface area contributed by atoms with Crippen LogP contribution in [0.5, 0.6) is 0 Å². The number of likely N-dealkylation sites (N-methyl/N-ethyl adjacent to an activating group) is 1. The van der Waals surface area contributed by atoms with Gasteiger partial charge in [0, 0.05) is 57.5 Å². The summed E-state index contributed by atoms with van der Waals surface area (Å²) in [5.74, 6) is 1.53. The molecule has 0 spiro atoms. The summed E-state index contributed by atoms with van der Waals surface area (Å²) in [4.78, 5) is 30.5. The van der Waals surface area contributed by atoms with Gasteiger partial charge in [0.1, 0.15) is 11.5 Å². The van der Waals surface area contributed by atoms with Crippen molar-refractivity contribution in [3.63, 3.8) is 0 Å². The van der Waals surface area contributed by atoms with Crippen molar-refractivity contribution >= 4 is 23.4 Å². The Morgan fingerprint density at radius 3 is 2.38 bits per heavy atom. The molecule has 2 amide bonds. The van der Waals surface area contributed by atoms with E-state index < -0.39 is 0 Å². The summed E-state index contributed by atoms with van der Waals surface area (Å²) in [6.45, 7) is 5.21. The maximum Gasteiger partial charge on any atom is 0.236 e. The van der Waals surface area contributed by atoms with Crippen molar-refractivity contribution in [2.45, 2.75) is 6.54 Å². The molecule has 9 heteroatoms. The molecule has 1 N–H and O–H groups in total. The van der Waals surface area contributed by atoms with Crippen molar-refractivity contribution < 1.29 is 18.7 Å². The molecule has 0 bridgehead atoms. The van der Waals surface area contributed by atoms with Gasteiger partial charge in [-0.25, -0.2) is 0 Å². The van der Waals surface area contributed by atoms with E-state index >= 15 is 0 Å². The molecule has 0 aliphatic carbocycles. The number of nitrogens with zero attached hydrogens (tertiary/aromatic N) is 3. The second-order valence-corrected chi connectivity index (χ2v) is 8.35. The van der Waals surface area contributed by atoms with Crippen molar-refractivity contribution in [3.8, 4) is 11.3 Å². The lowest BCUT2D eigenvalue weighted by molar-refractivity contribution is -0.132. The zero-order valence-corrected chi connectivity index (χ0v) is 19.4. The Bertz CT molecular complexity index is 878. The molecule has 0 unspecified atom stereocenters. The zero-order valence-electron chi connectivity index (χ0n) is 18.7. The summed E-state index contributed by atoms with van der Waals surface area (Å²) < 4.78 is 10.8. The highest BCUT2D eigenvalue weighted by molar-refractivity contribution is 6.30. The highest BCUT2D eigenvalue weighted by atomic mass is 35.5. The molecular formula is C23H31ClN4O4. The Morgan fingerprint density at radius 2 is 1.72 bits per heavy atom. The predicted molar refractivity (Wildman–Crippen MR) is 123 cm³/mol. The van der Waals surface area contributed by atoms with Crippen LogP contribution in [0.3, 0.4) is 0 Å². The van der Waals surface area contributed by atoms with E-state index in [0.717, 1.165) is 43.3 Å². The Balaban J connectivity index is 1.40. The minimum Gasteiger partial charge on any atom is -0.459 e. The predicted octanol–water partition coefficient (Wildman–Crippen LogP) is 1.94. The van der Waals surface area contributed by atoms with Crippen LogP contribution in [0.4, 0.5) is 0 Å². The number of carbonyl (C=O) groups excluding carboxylic acids is 2. The lowest BCUT2D eigenvalue weighted by Crippen LogP contribution is -2.51. The Kier molecular flexibility index (Phi) is 9.11. The monoisotopic (exact) mass is 462 g/mol. The number of halogens is 1. The van der Waals surface area contributed by atoms with E-state index in [1.165, 1.54) is 0 Å². The van der Waals surface area contributed by atoms with Gasteiger partial charge in [-0.3, -0.25) is 19.4 Å². The molecule has 174 valence electrons. The van der Waals surface area contributed by atoms with Gasteiger partial charge >= 0.3 is 0 Å². The van der Waals surface area contributed by atoms with Crippen LogP contribution >= 0.6 is 11.6 Å². The molecule has 1 aromatic heterocycles. The summed E-state index contributed by atoms with van der Waals surface area (Å²) in [6, 6.07) is 11.3. The molecule has 1 aromatic carbocycles. The minimum absolute atomic E-state index is 0.00253. The standard InChI is InChI=1S/C23H31ClN4O4/c1-26(15-20-7-8-21(32-20)18-3-5-19(24)6-4-18)23(30)17-28-12-10-27(11-13-28)16-22(29)25-9-14-31-2/h3-8H,9-17H2,1-2H3,(H,25,29). The van der Waals surface area contributed by atoms with E-state index in [4.69, 9.17) is 20.8 Å². The van der Waals surface area contributed by atoms with Crippen LogP contribution in [0, 0.1) is 0 Å². The van der Waals surface area contributed by atoms with Crippen LogP contribution in [0.15, 0.2) is 40.8 Å². The van der Waals surface area contributed by atoms with Gasteiger partial charge in [-0.15, -0.1) is 0 Å². The summed E-state index contributed by atoms with van der Waals surface area (Å²) in [5.41, 5.74) is 0.944. The quantitative estimate of drug-likeness (QED) is 0.544. The average Bonchev–Trinajstić information content (AvgIpc) is 3.24. The molecule has 3 rings (SSSR count). The maximum absolute atomic E-state index is 12.7. The van der Waals surface area contributed by atoms with Gasteiger partial charge in [0.05, 0.1) is 26.2 Å². The fourth-order valence-corrected chi connectivity index (χ4v) is 3.65. The molecular weight excluding hydrogens is 432 g/mol. The molecule has 2 heterocycles. The van der Waals surface area contributed by atoms with Gasteiger partial charge in [-0.05, 0) is 36.4 Å².